The molecule has 152 valence electrons. The van der Waals surface area contributed by atoms with Gasteiger partial charge < -0.3 is 19.7 Å². The molecule has 2 aromatic carbocycles. The van der Waals surface area contributed by atoms with E-state index in [1.165, 1.54) is 12.0 Å². The number of anilines is 2. The number of para-hydroxylation sites is 2. The topological polar surface area (TPSA) is 84.9 Å². The lowest BCUT2D eigenvalue weighted by Crippen LogP contribution is -2.28. The van der Waals surface area contributed by atoms with E-state index >= 15 is 0 Å². The minimum absolute atomic E-state index is 0.0197. The molecule has 0 radical (unpaired) electrons. The highest BCUT2D eigenvalue weighted by Gasteiger charge is 2.37. The van der Waals surface area contributed by atoms with Crippen molar-refractivity contribution in [2.45, 2.75) is 13.3 Å². The highest BCUT2D eigenvalue weighted by molar-refractivity contribution is 6.31. The third-order valence-electron chi connectivity index (χ3n) is 4.65. The Balaban J connectivity index is 1.57. The number of ether oxygens (including phenoxy) is 2. The maximum atomic E-state index is 12.4. The van der Waals surface area contributed by atoms with E-state index in [1.54, 1.807) is 42.5 Å². The Kier molecular flexibility index (Phi) is 6.39. The fourth-order valence-corrected chi connectivity index (χ4v) is 3.29. The first kappa shape index (κ1) is 20.7. The number of aryl methyl sites for hydroxylation is 1. The molecule has 1 N–H and O–H groups in total. The number of carbonyl (C=O) groups is 3. The SMILES string of the molecule is COc1ccccc1N1C[C@H](C(=O)OCC(=O)Nc2cc(Cl)ccc2C)CC1=O. The van der Waals surface area contributed by atoms with Crippen molar-refractivity contribution in [2.24, 2.45) is 5.92 Å². The summed E-state index contributed by atoms with van der Waals surface area (Å²) in [4.78, 5) is 38.3. The van der Waals surface area contributed by atoms with Crippen LogP contribution in [0.4, 0.5) is 11.4 Å². The summed E-state index contributed by atoms with van der Waals surface area (Å²) >= 11 is 5.93. The third-order valence-corrected chi connectivity index (χ3v) is 4.89. The predicted molar refractivity (Wildman–Crippen MR) is 109 cm³/mol. The van der Waals surface area contributed by atoms with E-state index in [4.69, 9.17) is 21.1 Å². The van der Waals surface area contributed by atoms with Gasteiger partial charge in [-0.25, -0.2) is 0 Å². The van der Waals surface area contributed by atoms with Gasteiger partial charge in [0.05, 0.1) is 18.7 Å². The zero-order valence-corrected chi connectivity index (χ0v) is 16.9. The van der Waals surface area contributed by atoms with E-state index in [9.17, 15) is 14.4 Å². The molecule has 0 spiro atoms. The number of nitrogens with zero attached hydrogens (tertiary/aromatic N) is 1. The molecule has 0 aromatic heterocycles. The molecule has 2 amide bonds. The Morgan fingerprint density at radius 3 is 2.76 bits per heavy atom. The molecule has 1 aliphatic rings. The highest BCUT2D eigenvalue weighted by atomic mass is 35.5. The molecule has 1 aliphatic heterocycles. The molecule has 1 saturated heterocycles. The fourth-order valence-electron chi connectivity index (χ4n) is 3.12. The summed E-state index contributed by atoms with van der Waals surface area (Å²) in [5.74, 6) is -1.36. The van der Waals surface area contributed by atoms with Gasteiger partial charge in [-0.05, 0) is 36.8 Å². The van der Waals surface area contributed by atoms with E-state index < -0.39 is 24.4 Å². The van der Waals surface area contributed by atoms with Crippen LogP contribution in [0.25, 0.3) is 0 Å². The Morgan fingerprint density at radius 1 is 1.24 bits per heavy atom. The Labute approximate surface area is 173 Å². The lowest BCUT2D eigenvalue weighted by molar-refractivity contribution is -0.151. The quantitative estimate of drug-likeness (QED) is 0.731. The number of nitrogens with one attached hydrogen (secondary N) is 1. The van der Waals surface area contributed by atoms with E-state index in [-0.39, 0.29) is 18.9 Å². The molecular weight excluding hydrogens is 396 g/mol. The molecule has 0 saturated carbocycles. The van der Waals surface area contributed by atoms with E-state index in [0.29, 0.717) is 22.1 Å². The van der Waals surface area contributed by atoms with Crippen LogP contribution in [0, 0.1) is 12.8 Å². The van der Waals surface area contributed by atoms with Crippen molar-refractivity contribution >= 4 is 40.8 Å². The smallest absolute Gasteiger partial charge is 0.311 e. The van der Waals surface area contributed by atoms with Crippen molar-refractivity contribution in [2.75, 3.05) is 30.5 Å². The standard InChI is InChI=1S/C21H21ClN2O5/c1-13-7-8-15(22)10-16(13)23-19(25)12-29-21(27)14-9-20(26)24(11-14)17-5-3-4-6-18(17)28-2/h3-8,10,14H,9,11-12H2,1-2H3,(H,23,25)/t14-/m1/s1. The molecule has 29 heavy (non-hydrogen) atoms. The van der Waals surface area contributed by atoms with Gasteiger partial charge in [-0.15, -0.1) is 0 Å². The summed E-state index contributed by atoms with van der Waals surface area (Å²) in [7, 11) is 1.52. The number of hydrogen-bond acceptors (Lipinski definition) is 5. The second-order valence-corrected chi connectivity index (χ2v) is 7.13. The highest BCUT2D eigenvalue weighted by Crippen LogP contribution is 2.33. The van der Waals surface area contributed by atoms with Crippen LogP contribution < -0.4 is 15.0 Å². The molecule has 1 heterocycles. The lowest BCUT2D eigenvalue weighted by Gasteiger charge is -2.19. The minimum atomic E-state index is -0.645. The van der Waals surface area contributed by atoms with Crippen molar-refractivity contribution < 1.29 is 23.9 Å². The fraction of sp³-hybridized carbons (Fsp3) is 0.286. The number of hydrogen-bond donors (Lipinski definition) is 1. The Morgan fingerprint density at radius 2 is 2.00 bits per heavy atom. The number of esters is 1. The molecular formula is C21H21ClN2O5. The first-order valence-electron chi connectivity index (χ1n) is 9.05. The summed E-state index contributed by atoms with van der Waals surface area (Å²) in [5, 5.41) is 3.15. The van der Waals surface area contributed by atoms with Gasteiger partial charge in [0.2, 0.25) is 5.91 Å². The molecule has 0 unspecified atom stereocenters. The molecule has 2 aromatic rings. The Bertz CT molecular complexity index is 946. The van der Waals surface area contributed by atoms with Gasteiger partial charge in [-0.3, -0.25) is 14.4 Å². The Hall–Kier alpha value is -3.06. The molecule has 1 fully saturated rings. The van der Waals surface area contributed by atoms with Gasteiger partial charge in [0.25, 0.3) is 5.91 Å². The van der Waals surface area contributed by atoms with E-state index in [0.717, 1.165) is 5.56 Å². The molecule has 1 atom stereocenters. The van der Waals surface area contributed by atoms with Crippen molar-refractivity contribution in [1.82, 2.24) is 0 Å². The summed E-state index contributed by atoms with van der Waals surface area (Å²) < 4.78 is 10.4. The van der Waals surface area contributed by atoms with Crippen LogP contribution in [0.15, 0.2) is 42.5 Å². The first-order valence-corrected chi connectivity index (χ1v) is 9.43. The van der Waals surface area contributed by atoms with Crippen LogP contribution in [0.5, 0.6) is 5.75 Å². The average Bonchev–Trinajstić information content (AvgIpc) is 3.10. The van der Waals surface area contributed by atoms with Crippen molar-refractivity contribution in [3.05, 3.63) is 53.1 Å². The largest absolute Gasteiger partial charge is 0.495 e. The second-order valence-electron chi connectivity index (χ2n) is 6.69. The second kappa shape index (κ2) is 8.96. The number of benzene rings is 2. The first-order chi connectivity index (χ1) is 13.9. The van der Waals surface area contributed by atoms with Crippen LogP contribution in [0.1, 0.15) is 12.0 Å². The van der Waals surface area contributed by atoms with Gasteiger partial charge in [-0.2, -0.15) is 0 Å². The summed E-state index contributed by atoms with van der Waals surface area (Å²) in [6.45, 7) is 1.56. The van der Waals surface area contributed by atoms with E-state index in [2.05, 4.69) is 5.32 Å². The van der Waals surface area contributed by atoms with E-state index in [1.807, 2.05) is 6.92 Å². The van der Waals surface area contributed by atoms with Crippen LogP contribution >= 0.6 is 11.6 Å². The van der Waals surface area contributed by atoms with Crippen LogP contribution in [0.3, 0.4) is 0 Å². The van der Waals surface area contributed by atoms with Crippen LogP contribution in [-0.4, -0.2) is 38.0 Å². The predicted octanol–water partition coefficient (Wildman–Crippen LogP) is 3.19. The lowest BCUT2D eigenvalue weighted by atomic mass is 10.1. The van der Waals surface area contributed by atoms with Gasteiger partial charge in [-0.1, -0.05) is 29.8 Å². The number of amides is 2. The van der Waals surface area contributed by atoms with Crippen molar-refractivity contribution in [3.8, 4) is 5.75 Å². The maximum Gasteiger partial charge on any atom is 0.311 e. The summed E-state index contributed by atoms with van der Waals surface area (Å²) in [6.07, 6.45) is 0.0197. The maximum absolute atomic E-state index is 12.4. The zero-order valence-electron chi connectivity index (χ0n) is 16.1. The number of methoxy groups -OCH3 is 1. The normalized spacial score (nSPS) is 15.9. The summed E-state index contributed by atoms with van der Waals surface area (Å²) in [5.41, 5.74) is 1.99. The monoisotopic (exact) mass is 416 g/mol. The number of halogens is 1. The summed E-state index contributed by atoms with van der Waals surface area (Å²) in [6, 6.07) is 12.2. The van der Waals surface area contributed by atoms with Gasteiger partial charge in [0.1, 0.15) is 5.75 Å². The molecule has 0 aliphatic carbocycles. The van der Waals surface area contributed by atoms with Crippen LogP contribution in [-0.2, 0) is 19.1 Å². The van der Waals surface area contributed by atoms with Gasteiger partial charge >= 0.3 is 5.97 Å². The van der Waals surface area contributed by atoms with Gasteiger partial charge in [0, 0.05) is 23.7 Å². The molecule has 3 rings (SSSR count). The average molecular weight is 417 g/mol. The van der Waals surface area contributed by atoms with Gasteiger partial charge in [0.15, 0.2) is 6.61 Å². The number of rotatable bonds is 6. The molecule has 7 nitrogen and oxygen atoms in total. The van der Waals surface area contributed by atoms with Crippen LogP contribution in [0.2, 0.25) is 5.02 Å². The number of carbonyl (C=O) groups excluding carboxylic acids is 3. The van der Waals surface area contributed by atoms with Crippen molar-refractivity contribution in [3.63, 3.8) is 0 Å². The van der Waals surface area contributed by atoms with Crippen molar-refractivity contribution in [1.29, 1.82) is 0 Å². The third kappa shape index (κ3) is 4.86. The molecule has 8 heteroatoms. The zero-order chi connectivity index (χ0) is 21.0. The minimum Gasteiger partial charge on any atom is -0.495 e. The molecule has 0 bridgehead atoms.